The lowest BCUT2D eigenvalue weighted by Gasteiger charge is -2.15. The van der Waals surface area contributed by atoms with Crippen molar-refractivity contribution in [2.24, 2.45) is 0 Å². The van der Waals surface area contributed by atoms with Gasteiger partial charge in [-0.15, -0.1) is 0 Å². The third-order valence-corrected chi connectivity index (χ3v) is 4.80. The van der Waals surface area contributed by atoms with Gasteiger partial charge in [-0.1, -0.05) is 46.3 Å². The largest absolute Gasteiger partial charge is 0.486 e. The molecule has 1 aromatic heterocycles. The number of carbonyl (C=O) groups excluding carboxylic acids is 1. The highest BCUT2D eigenvalue weighted by atomic mass is 79.9. The van der Waals surface area contributed by atoms with Crippen LogP contribution in [0, 0.1) is 0 Å². The van der Waals surface area contributed by atoms with E-state index in [1.165, 1.54) is 0 Å². The molecule has 0 aliphatic heterocycles. The first-order valence-electron chi connectivity index (χ1n) is 8.87. The average molecular weight is 450 g/mol. The maximum absolute atomic E-state index is 13.0. The second-order valence-corrected chi connectivity index (χ2v) is 7.15. The summed E-state index contributed by atoms with van der Waals surface area (Å²) in [6.07, 6.45) is 0. The van der Waals surface area contributed by atoms with Gasteiger partial charge >= 0.3 is 0 Å². The molecule has 1 N–H and O–H groups in total. The Labute approximate surface area is 174 Å². The van der Waals surface area contributed by atoms with Crippen LogP contribution in [0.3, 0.4) is 0 Å². The molecule has 6 nitrogen and oxygen atoms in total. The predicted molar refractivity (Wildman–Crippen MR) is 115 cm³/mol. The minimum absolute atomic E-state index is 0.0186. The minimum Gasteiger partial charge on any atom is -0.486 e. The second-order valence-electron chi connectivity index (χ2n) is 6.24. The Morgan fingerprint density at radius 1 is 0.966 bits per heavy atom. The van der Waals surface area contributed by atoms with Crippen molar-refractivity contribution in [3.05, 3.63) is 105 Å². The number of fused-ring (bicyclic) bond motifs is 1. The summed E-state index contributed by atoms with van der Waals surface area (Å²) in [5.74, 6) is 0.515. The Morgan fingerprint density at radius 3 is 2.41 bits per heavy atom. The smallest absolute Gasteiger partial charge is 0.280 e. The molecule has 4 rings (SSSR count). The van der Waals surface area contributed by atoms with Crippen molar-refractivity contribution in [2.75, 3.05) is 5.43 Å². The Hall–Kier alpha value is -3.45. The highest BCUT2D eigenvalue weighted by Gasteiger charge is 2.15. The first-order valence-corrected chi connectivity index (χ1v) is 9.66. The van der Waals surface area contributed by atoms with E-state index in [9.17, 15) is 9.59 Å². The number of para-hydroxylation sites is 2. The van der Waals surface area contributed by atoms with Crippen LogP contribution in [0.1, 0.15) is 16.2 Å². The lowest BCUT2D eigenvalue weighted by Crippen LogP contribution is -2.37. The maximum atomic E-state index is 13.0. The van der Waals surface area contributed by atoms with Gasteiger partial charge in [0.2, 0.25) is 0 Å². The fraction of sp³-hybridized carbons (Fsp3) is 0.0455. The standard InChI is InChI=1S/C22H16BrN3O3/c23-16-12-10-15(11-13-16)21(27)25-26-20(14-29-17-6-2-1-3-7-17)24-19-9-5-4-8-18(19)22(26)28/h1-13H,14H2,(H,25,27). The molecule has 1 amide bonds. The van der Waals surface area contributed by atoms with Gasteiger partial charge in [0, 0.05) is 10.0 Å². The Bertz CT molecular complexity index is 1220. The number of ether oxygens (including phenoxy) is 1. The molecule has 144 valence electrons. The minimum atomic E-state index is -0.419. The zero-order valence-electron chi connectivity index (χ0n) is 15.2. The van der Waals surface area contributed by atoms with E-state index in [1.54, 1.807) is 48.5 Å². The van der Waals surface area contributed by atoms with Crippen LogP contribution in [0.5, 0.6) is 5.75 Å². The summed E-state index contributed by atoms with van der Waals surface area (Å²) >= 11 is 3.34. The van der Waals surface area contributed by atoms with Crippen molar-refractivity contribution in [1.82, 2.24) is 9.66 Å². The maximum Gasteiger partial charge on any atom is 0.280 e. The van der Waals surface area contributed by atoms with Crippen LogP contribution >= 0.6 is 15.9 Å². The molecule has 0 saturated heterocycles. The Morgan fingerprint density at radius 2 is 1.66 bits per heavy atom. The second kappa shape index (κ2) is 8.28. The van der Waals surface area contributed by atoms with Crippen molar-refractivity contribution in [3.8, 4) is 5.75 Å². The van der Waals surface area contributed by atoms with Crippen molar-refractivity contribution in [1.29, 1.82) is 0 Å². The number of hydrogen-bond donors (Lipinski definition) is 1. The summed E-state index contributed by atoms with van der Waals surface area (Å²) in [7, 11) is 0. The number of aromatic nitrogens is 2. The van der Waals surface area contributed by atoms with Crippen LogP contribution in [-0.4, -0.2) is 15.6 Å². The predicted octanol–water partition coefficient (Wildman–Crippen LogP) is 4.12. The van der Waals surface area contributed by atoms with Gasteiger partial charge in [0.1, 0.15) is 12.4 Å². The number of nitrogens with zero attached hydrogens (tertiary/aromatic N) is 2. The number of carbonyl (C=O) groups is 1. The van der Waals surface area contributed by atoms with Crippen molar-refractivity contribution in [3.63, 3.8) is 0 Å². The van der Waals surface area contributed by atoms with E-state index in [0.717, 1.165) is 9.15 Å². The van der Waals surface area contributed by atoms with Gasteiger partial charge in [-0.3, -0.25) is 15.0 Å². The molecule has 0 radical (unpaired) electrons. The molecular formula is C22H16BrN3O3. The van der Waals surface area contributed by atoms with Crippen molar-refractivity contribution < 1.29 is 9.53 Å². The first kappa shape index (κ1) is 18.9. The molecule has 7 heteroatoms. The van der Waals surface area contributed by atoms with E-state index in [4.69, 9.17) is 4.74 Å². The zero-order chi connectivity index (χ0) is 20.2. The molecule has 4 aromatic rings. The molecule has 0 spiro atoms. The quantitative estimate of drug-likeness (QED) is 0.497. The Balaban J connectivity index is 1.71. The number of benzene rings is 3. The average Bonchev–Trinajstić information content (AvgIpc) is 2.75. The summed E-state index contributed by atoms with van der Waals surface area (Å²) in [6.45, 7) is 0.0186. The molecular weight excluding hydrogens is 434 g/mol. The van der Waals surface area contributed by atoms with Crippen molar-refractivity contribution in [2.45, 2.75) is 6.61 Å². The molecule has 3 aromatic carbocycles. The van der Waals surface area contributed by atoms with Crippen LogP contribution < -0.4 is 15.7 Å². The van der Waals surface area contributed by atoms with Gasteiger partial charge in [0.05, 0.1) is 10.9 Å². The van der Waals surface area contributed by atoms with Gasteiger partial charge in [0.25, 0.3) is 11.5 Å². The van der Waals surface area contributed by atoms with E-state index >= 15 is 0 Å². The number of rotatable bonds is 5. The monoisotopic (exact) mass is 449 g/mol. The third-order valence-electron chi connectivity index (χ3n) is 4.28. The van der Waals surface area contributed by atoms with Crippen LogP contribution in [0.4, 0.5) is 0 Å². The van der Waals surface area contributed by atoms with Crippen LogP contribution in [-0.2, 0) is 6.61 Å². The van der Waals surface area contributed by atoms with Gasteiger partial charge in [-0.2, -0.15) is 4.68 Å². The number of nitrogens with one attached hydrogen (secondary N) is 1. The molecule has 0 saturated carbocycles. The fourth-order valence-electron chi connectivity index (χ4n) is 2.82. The van der Waals surface area contributed by atoms with Crippen LogP contribution in [0.15, 0.2) is 88.1 Å². The number of hydrogen-bond acceptors (Lipinski definition) is 4. The van der Waals surface area contributed by atoms with E-state index in [-0.39, 0.29) is 12.2 Å². The first-order chi connectivity index (χ1) is 14.1. The molecule has 0 unspecified atom stereocenters. The molecule has 0 aliphatic rings. The SMILES string of the molecule is O=C(Nn1c(COc2ccccc2)nc2ccccc2c1=O)c1ccc(Br)cc1. The highest BCUT2D eigenvalue weighted by molar-refractivity contribution is 9.10. The fourth-order valence-corrected chi connectivity index (χ4v) is 3.09. The van der Waals surface area contributed by atoms with Crippen molar-refractivity contribution >= 4 is 32.7 Å². The summed E-state index contributed by atoms with van der Waals surface area (Å²) in [6, 6.07) is 23.1. The Kier molecular flexibility index (Phi) is 5.39. The molecule has 0 aliphatic carbocycles. The van der Waals surface area contributed by atoms with E-state index in [2.05, 4.69) is 26.3 Å². The normalized spacial score (nSPS) is 10.7. The van der Waals surface area contributed by atoms with Crippen LogP contribution in [0.2, 0.25) is 0 Å². The molecule has 0 fully saturated rings. The summed E-state index contributed by atoms with van der Waals surface area (Å²) < 4.78 is 7.77. The number of amides is 1. The molecule has 1 heterocycles. The highest BCUT2D eigenvalue weighted by Crippen LogP contribution is 2.14. The summed E-state index contributed by atoms with van der Waals surface area (Å²) in [5, 5.41) is 0.409. The zero-order valence-corrected chi connectivity index (χ0v) is 16.8. The topological polar surface area (TPSA) is 73.2 Å². The molecule has 29 heavy (non-hydrogen) atoms. The van der Waals surface area contributed by atoms with Gasteiger partial charge in [-0.05, 0) is 48.5 Å². The van der Waals surface area contributed by atoms with Crippen LogP contribution in [0.25, 0.3) is 10.9 Å². The lowest BCUT2D eigenvalue weighted by atomic mass is 10.2. The van der Waals surface area contributed by atoms with E-state index in [0.29, 0.717) is 28.0 Å². The number of halogens is 1. The summed E-state index contributed by atoms with van der Waals surface area (Å²) in [5.41, 5.74) is 3.24. The van der Waals surface area contributed by atoms with E-state index in [1.807, 2.05) is 30.3 Å². The molecule has 0 atom stereocenters. The van der Waals surface area contributed by atoms with Gasteiger partial charge < -0.3 is 4.74 Å². The van der Waals surface area contributed by atoms with E-state index < -0.39 is 5.91 Å². The summed E-state index contributed by atoms with van der Waals surface area (Å²) in [4.78, 5) is 30.2. The third kappa shape index (κ3) is 4.20. The lowest BCUT2D eigenvalue weighted by molar-refractivity contribution is 0.100. The molecule has 0 bridgehead atoms. The van der Waals surface area contributed by atoms with Gasteiger partial charge in [0.15, 0.2) is 5.82 Å². The van der Waals surface area contributed by atoms with Gasteiger partial charge in [-0.25, -0.2) is 4.98 Å².